The van der Waals surface area contributed by atoms with E-state index in [1.165, 1.54) is 0 Å². The fraction of sp³-hybridized carbons (Fsp3) is 0.333. The van der Waals surface area contributed by atoms with Crippen LogP contribution in [-0.2, 0) is 0 Å². The zero-order chi connectivity index (χ0) is 9.40. The summed E-state index contributed by atoms with van der Waals surface area (Å²) in [6, 6.07) is 0. The summed E-state index contributed by atoms with van der Waals surface area (Å²) in [4.78, 5) is 7.90. The van der Waals surface area contributed by atoms with Gasteiger partial charge in [0.25, 0.3) is 0 Å². The van der Waals surface area contributed by atoms with Crippen molar-refractivity contribution in [3.8, 4) is 0 Å². The predicted molar refractivity (Wildman–Crippen MR) is 54.6 cm³/mol. The van der Waals surface area contributed by atoms with Crippen molar-refractivity contribution in [2.45, 2.75) is 13.8 Å². The lowest BCUT2D eigenvalue weighted by Gasteiger charge is -2.01. The highest BCUT2D eigenvalue weighted by Crippen LogP contribution is 2.02. The van der Waals surface area contributed by atoms with Gasteiger partial charge in [0.1, 0.15) is 0 Å². The molecule has 0 unspecified atom stereocenters. The van der Waals surface area contributed by atoms with E-state index in [-0.39, 0.29) is 0 Å². The molecule has 66 valence electrons. The molecule has 0 aliphatic rings. The number of rotatable bonds is 4. The summed E-state index contributed by atoms with van der Waals surface area (Å²) in [5, 5.41) is 2.97. The maximum Gasteiger partial charge on any atom is 0.0862 e. The second-order valence-electron chi connectivity index (χ2n) is 2.13. The quantitative estimate of drug-likeness (QED) is 0.384. The van der Waals surface area contributed by atoms with Crippen LogP contribution in [0.4, 0.5) is 0 Å². The maximum absolute atomic E-state index is 4.11. The van der Waals surface area contributed by atoms with Gasteiger partial charge in [0.15, 0.2) is 0 Å². The van der Waals surface area contributed by atoms with Crippen molar-refractivity contribution in [3.05, 3.63) is 24.0 Å². The second-order valence-corrected chi connectivity index (χ2v) is 2.13. The van der Waals surface area contributed by atoms with Crippen LogP contribution in [0.25, 0.3) is 0 Å². The first kappa shape index (κ1) is 10.6. The molecular formula is C9H15N3. The first-order valence-corrected chi connectivity index (χ1v) is 3.75. The molecule has 0 saturated heterocycles. The fourth-order valence-corrected chi connectivity index (χ4v) is 0.677. The van der Waals surface area contributed by atoms with Crippen molar-refractivity contribution < 1.29 is 0 Å². The van der Waals surface area contributed by atoms with Gasteiger partial charge in [-0.1, -0.05) is 6.58 Å². The average Bonchev–Trinajstić information content (AvgIpc) is 2.10. The standard InChI is InChI=1S/C9H15N3/c1-5-9(11-6-2)8(3)12-7-10-4/h5-7H,1H2,2-4H3,(H,10,12)/b9-8+,11-6?. The second kappa shape index (κ2) is 6.34. The van der Waals surface area contributed by atoms with Crippen LogP contribution in [0.15, 0.2) is 34.0 Å². The molecule has 1 N–H and O–H groups in total. The molecule has 0 aromatic rings. The molecule has 3 heteroatoms. The van der Waals surface area contributed by atoms with E-state index in [2.05, 4.69) is 21.9 Å². The van der Waals surface area contributed by atoms with Crippen molar-refractivity contribution in [2.75, 3.05) is 7.05 Å². The first-order valence-electron chi connectivity index (χ1n) is 3.75. The van der Waals surface area contributed by atoms with Gasteiger partial charge >= 0.3 is 0 Å². The van der Waals surface area contributed by atoms with E-state index >= 15 is 0 Å². The lowest BCUT2D eigenvalue weighted by Crippen LogP contribution is -2.09. The zero-order valence-corrected chi connectivity index (χ0v) is 7.83. The van der Waals surface area contributed by atoms with Crippen molar-refractivity contribution in [1.29, 1.82) is 0 Å². The SMILES string of the molecule is C=C/C(N=CC)=C(/C)NC=NC. The van der Waals surface area contributed by atoms with Gasteiger partial charge in [-0.15, -0.1) is 0 Å². The van der Waals surface area contributed by atoms with Gasteiger partial charge in [0, 0.05) is 19.0 Å². The third-order valence-electron chi connectivity index (χ3n) is 1.26. The van der Waals surface area contributed by atoms with Crippen LogP contribution in [-0.4, -0.2) is 19.6 Å². The Balaban J connectivity index is 4.47. The smallest absolute Gasteiger partial charge is 0.0862 e. The predicted octanol–water partition coefficient (Wildman–Crippen LogP) is 1.74. The summed E-state index contributed by atoms with van der Waals surface area (Å²) in [6.07, 6.45) is 5.04. The maximum atomic E-state index is 4.11. The molecule has 12 heavy (non-hydrogen) atoms. The molecule has 0 aliphatic heterocycles. The molecule has 0 fully saturated rings. The zero-order valence-electron chi connectivity index (χ0n) is 7.83. The number of allylic oxidation sites excluding steroid dienone is 2. The number of hydrogen-bond acceptors (Lipinski definition) is 2. The van der Waals surface area contributed by atoms with Crippen LogP contribution in [0.1, 0.15) is 13.8 Å². The van der Waals surface area contributed by atoms with Gasteiger partial charge in [-0.3, -0.25) is 9.98 Å². The summed E-state index contributed by atoms with van der Waals surface area (Å²) < 4.78 is 0. The molecule has 0 amide bonds. The summed E-state index contributed by atoms with van der Waals surface area (Å²) in [5.74, 6) is 0. The monoisotopic (exact) mass is 165 g/mol. The van der Waals surface area contributed by atoms with E-state index in [0.29, 0.717) is 0 Å². The Hall–Kier alpha value is -1.38. The number of nitrogens with one attached hydrogen (secondary N) is 1. The number of aliphatic imine (C=N–C) groups is 2. The highest BCUT2D eigenvalue weighted by atomic mass is 14.9. The van der Waals surface area contributed by atoms with Crippen molar-refractivity contribution >= 4 is 12.6 Å². The first-order chi connectivity index (χ1) is 5.76. The molecule has 0 saturated carbocycles. The Morgan fingerprint density at radius 2 is 2.17 bits per heavy atom. The van der Waals surface area contributed by atoms with Crippen LogP contribution >= 0.6 is 0 Å². The number of nitrogens with zero attached hydrogens (tertiary/aromatic N) is 2. The van der Waals surface area contributed by atoms with Crippen LogP contribution < -0.4 is 5.32 Å². The van der Waals surface area contributed by atoms with Crippen LogP contribution in [0.3, 0.4) is 0 Å². The lowest BCUT2D eigenvalue weighted by atomic mass is 10.3. The Bertz CT molecular complexity index is 224. The van der Waals surface area contributed by atoms with E-state index < -0.39 is 0 Å². The molecule has 0 rings (SSSR count). The minimum absolute atomic E-state index is 0.831. The largest absolute Gasteiger partial charge is 0.349 e. The Kier molecular flexibility index (Phi) is 5.61. The lowest BCUT2D eigenvalue weighted by molar-refractivity contribution is 1.09. The summed E-state index contributed by atoms with van der Waals surface area (Å²) in [6.45, 7) is 7.44. The average molecular weight is 165 g/mol. The number of hydrogen-bond donors (Lipinski definition) is 1. The van der Waals surface area contributed by atoms with Crippen LogP contribution in [0, 0.1) is 0 Å². The molecule has 0 radical (unpaired) electrons. The van der Waals surface area contributed by atoms with E-state index in [4.69, 9.17) is 0 Å². The van der Waals surface area contributed by atoms with Gasteiger partial charge in [-0.2, -0.15) is 0 Å². The van der Waals surface area contributed by atoms with Gasteiger partial charge in [0.05, 0.1) is 12.0 Å². The Morgan fingerprint density at radius 1 is 1.50 bits per heavy atom. The Labute approximate surface area is 73.6 Å². The minimum atomic E-state index is 0.831. The molecule has 0 aliphatic carbocycles. The third kappa shape index (κ3) is 3.71. The highest BCUT2D eigenvalue weighted by Gasteiger charge is 1.91. The summed E-state index contributed by atoms with van der Waals surface area (Å²) in [7, 11) is 1.71. The van der Waals surface area contributed by atoms with E-state index in [1.54, 1.807) is 25.7 Å². The molecule has 0 aromatic heterocycles. The van der Waals surface area contributed by atoms with E-state index in [1.807, 2.05) is 13.8 Å². The molecular weight excluding hydrogens is 150 g/mol. The van der Waals surface area contributed by atoms with Crippen molar-refractivity contribution in [3.63, 3.8) is 0 Å². The van der Waals surface area contributed by atoms with Crippen LogP contribution in [0.5, 0.6) is 0 Å². The topological polar surface area (TPSA) is 36.8 Å². The van der Waals surface area contributed by atoms with Gasteiger partial charge < -0.3 is 5.32 Å². The molecule has 0 aromatic carbocycles. The fourth-order valence-electron chi connectivity index (χ4n) is 0.677. The van der Waals surface area contributed by atoms with Gasteiger partial charge in [-0.25, -0.2) is 0 Å². The van der Waals surface area contributed by atoms with Crippen molar-refractivity contribution in [1.82, 2.24) is 5.32 Å². The third-order valence-corrected chi connectivity index (χ3v) is 1.26. The molecule has 0 atom stereocenters. The van der Waals surface area contributed by atoms with Gasteiger partial charge in [-0.05, 0) is 19.9 Å². The summed E-state index contributed by atoms with van der Waals surface area (Å²) in [5.41, 5.74) is 1.77. The Morgan fingerprint density at radius 3 is 2.58 bits per heavy atom. The highest BCUT2D eigenvalue weighted by molar-refractivity contribution is 5.59. The van der Waals surface area contributed by atoms with E-state index in [0.717, 1.165) is 11.4 Å². The normalized spacial score (nSPS) is 13.6. The van der Waals surface area contributed by atoms with Gasteiger partial charge in [0.2, 0.25) is 0 Å². The minimum Gasteiger partial charge on any atom is -0.349 e. The molecule has 0 spiro atoms. The molecule has 0 bridgehead atoms. The van der Waals surface area contributed by atoms with Crippen molar-refractivity contribution in [2.24, 2.45) is 9.98 Å². The van der Waals surface area contributed by atoms with E-state index in [9.17, 15) is 0 Å². The molecule has 3 nitrogen and oxygen atoms in total. The van der Waals surface area contributed by atoms with Crippen LogP contribution in [0.2, 0.25) is 0 Å². The molecule has 0 heterocycles. The summed E-state index contributed by atoms with van der Waals surface area (Å²) >= 11 is 0.